The molecule has 4 heteroatoms. The van der Waals surface area contributed by atoms with E-state index < -0.39 is 0 Å². The molecule has 1 rings (SSSR count). The average molecular weight is 200 g/mol. The monoisotopic (exact) mass is 200 g/mol. The minimum Gasteiger partial charge on any atom is -0.373 e. The fourth-order valence-electron chi connectivity index (χ4n) is 0.930. The van der Waals surface area contributed by atoms with Crippen LogP contribution in [0.1, 0.15) is 18.4 Å². The van der Waals surface area contributed by atoms with Crippen LogP contribution in [0.4, 0.5) is 0 Å². The van der Waals surface area contributed by atoms with Crippen molar-refractivity contribution < 1.29 is 4.74 Å². The van der Waals surface area contributed by atoms with Crippen LogP contribution in [0.5, 0.6) is 0 Å². The van der Waals surface area contributed by atoms with E-state index in [-0.39, 0.29) is 0 Å². The molecule has 0 aliphatic carbocycles. The largest absolute Gasteiger partial charge is 0.373 e. The van der Waals surface area contributed by atoms with Crippen LogP contribution in [0.2, 0.25) is 0 Å². The average Bonchev–Trinajstić information content (AvgIpc) is 2.63. The third-order valence-corrected chi connectivity index (χ3v) is 2.31. The normalized spacial score (nSPS) is 10.5. The second-order valence-electron chi connectivity index (χ2n) is 2.73. The van der Waals surface area contributed by atoms with E-state index in [1.54, 1.807) is 17.5 Å². The maximum atomic E-state index is 5.41. The second-order valence-corrected chi connectivity index (χ2v) is 3.71. The predicted octanol–water partition coefficient (Wildman–Crippen LogP) is 1.66. The van der Waals surface area contributed by atoms with E-state index in [1.807, 2.05) is 5.38 Å². The Morgan fingerprint density at radius 1 is 1.54 bits per heavy atom. The number of thiazole rings is 1. The maximum Gasteiger partial charge on any atom is 0.118 e. The van der Waals surface area contributed by atoms with Crippen LogP contribution in [0.25, 0.3) is 0 Å². The lowest BCUT2D eigenvalue weighted by Gasteiger charge is -2.02. The molecule has 0 radical (unpaired) electrons. The Bertz CT molecular complexity index is 201. The smallest absolute Gasteiger partial charge is 0.118 e. The van der Waals surface area contributed by atoms with Gasteiger partial charge in [0.15, 0.2) is 0 Å². The van der Waals surface area contributed by atoms with Gasteiger partial charge in [0, 0.05) is 18.1 Å². The predicted molar refractivity (Wildman–Crippen MR) is 54.9 cm³/mol. The first-order valence-electron chi connectivity index (χ1n) is 4.60. The third kappa shape index (κ3) is 4.98. The van der Waals surface area contributed by atoms with Crippen LogP contribution in [-0.2, 0) is 11.3 Å². The van der Waals surface area contributed by atoms with Gasteiger partial charge in [0.25, 0.3) is 0 Å². The van der Waals surface area contributed by atoms with E-state index in [0.717, 1.165) is 24.7 Å². The molecule has 0 spiro atoms. The Balaban J connectivity index is 1.90. The molecular weight excluding hydrogens is 184 g/mol. The lowest BCUT2D eigenvalue weighted by atomic mass is 10.5. The number of aromatic nitrogens is 1. The van der Waals surface area contributed by atoms with Crippen molar-refractivity contribution in [3.63, 3.8) is 0 Å². The lowest BCUT2D eigenvalue weighted by molar-refractivity contribution is 0.122. The van der Waals surface area contributed by atoms with E-state index in [4.69, 9.17) is 4.74 Å². The Hall–Kier alpha value is -0.450. The summed E-state index contributed by atoms with van der Waals surface area (Å²) in [5.41, 5.74) is 0. The summed E-state index contributed by atoms with van der Waals surface area (Å²) in [7, 11) is 0. The van der Waals surface area contributed by atoms with Crippen molar-refractivity contribution in [3.8, 4) is 0 Å². The summed E-state index contributed by atoms with van der Waals surface area (Å²) < 4.78 is 5.41. The molecule has 0 bridgehead atoms. The summed E-state index contributed by atoms with van der Waals surface area (Å²) in [4.78, 5) is 4.12. The third-order valence-electron chi connectivity index (χ3n) is 1.56. The fourth-order valence-corrected chi connectivity index (χ4v) is 1.48. The molecule has 1 aromatic heterocycles. The molecule has 0 aliphatic heterocycles. The van der Waals surface area contributed by atoms with Gasteiger partial charge in [-0.2, -0.15) is 0 Å². The van der Waals surface area contributed by atoms with Crippen LogP contribution in [0.15, 0.2) is 11.6 Å². The van der Waals surface area contributed by atoms with Gasteiger partial charge in [-0.1, -0.05) is 6.92 Å². The van der Waals surface area contributed by atoms with Crippen molar-refractivity contribution in [2.24, 2.45) is 0 Å². The van der Waals surface area contributed by atoms with E-state index in [9.17, 15) is 0 Å². The van der Waals surface area contributed by atoms with E-state index in [0.29, 0.717) is 6.61 Å². The summed E-state index contributed by atoms with van der Waals surface area (Å²) in [5, 5.41) is 6.29. The summed E-state index contributed by atoms with van der Waals surface area (Å²) >= 11 is 1.63. The maximum absolute atomic E-state index is 5.41. The first-order valence-corrected chi connectivity index (χ1v) is 5.48. The number of hydrogen-bond donors (Lipinski definition) is 1. The van der Waals surface area contributed by atoms with Gasteiger partial charge in [-0.15, -0.1) is 11.3 Å². The molecule has 74 valence electrons. The number of nitrogens with zero attached hydrogens (tertiary/aromatic N) is 1. The van der Waals surface area contributed by atoms with Crippen molar-refractivity contribution in [2.75, 3.05) is 19.7 Å². The number of nitrogens with one attached hydrogen (secondary N) is 1. The highest BCUT2D eigenvalue weighted by Gasteiger charge is 1.94. The van der Waals surface area contributed by atoms with Gasteiger partial charge in [-0.05, 0) is 13.0 Å². The minimum atomic E-state index is 0.644. The fraction of sp³-hybridized carbons (Fsp3) is 0.667. The summed E-state index contributed by atoms with van der Waals surface area (Å²) in [6.07, 6.45) is 2.98. The van der Waals surface area contributed by atoms with Gasteiger partial charge in [-0.25, -0.2) is 4.98 Å². The Morgan fingerprint density at radius 2 is 2.46 bits per heavy atom. The highest BCUT2D eigenvalue weighted by molar-refractivity contribution is 7.09. The van der Waals surface area contributed by atoms with Crippen molar-refractivity contribution >= 4 is 11.3 Å². The van der Waals surface area contributed by atoms with Crippen molar-refractivity contribution in [1.29, 1.82) is 0 Å². The molecule has 0 unspecified atom stereocenters. The highest BCUT2D eigenvalue weighted by Crippen LogP contribution is 2.04. The molecular formula is C9H16N2OS. The van der Waals surface area contributed by atoms with Crippen LogP contribution in [0.3, 0.4) is 0 Å². The SMILES string of the molecule is CCCNCCOCc1nccs1. The zero-order chi connectivity index (χ0) is 9.36. The molecule has 0 amide bonds. The van der Waals surface area contributed by atoms with Gasteiger partial charge in [0.05, 0.1) is 13.2 Å². The van der Waals surface area contributed by atoms with Crippen LogP contribution in [0, 0.1) is 0 Å². The van der Waals surface area contributed by atoms with Gasteiger partial charge in [0.2, 0.25) is 0 Å². The van der Waals surface area contributed by atoms with Crippen molar-refractivity contribution in [3.05, 3.63) is 16.6 Å². The summed E-state index contributed by atoms with van der Waals surface area (Å²) in [6, 6.07) is 0. The summed E-state index contributed by atoms with van der Waals surface area (Å²) in [5.74, 6) is 0. The molecule has 0 saturated heterocycles. The molecule has 0 saturated carbocycles. The van der Waals surface area contributed by atoms with Gasteiger partial charge >= 0.3 is 0 Å². The number of ether oxygens (including phenoxy) is 1. The van der Waals surface area contributed by atoms with Crippen molar-refractivity contribution in [1.82, 2.24) is 10.3 Å². The van der Waals surface area contributed by atoms with E-state index in [1.165, 1.54) is 6.42 Å². The topological polar surface area (TPSA) is 34.1 Å². The lowest BCUT2D eigenvalue weighted by Crippen LogP contribution is -2.20. The number of rotatable bonds is 7. The first-order chi connectivity index (χ1) is 6.43. The highest BCUT2D eigenvalue weighted by atomic mass is 32.1. The zero-order valence-electron chi connectivity index (χ0n) is 7.95. The van der Waals surface area contributed by atoms with Gasteiger partial charge in [0.1, 0.15) is 5.01 Å². The Morgan fingerprint density at radius 3 is 3.15 bits per heavy atom. The zero-order valence-corrected chi connectivity index (χ0v) is 8.77. The number of hydrogen-bond acceptors (Lipinski definition) is 4. The van der Waals surface area contributed by atoms with Crippen LogP contribution in [-0.4, -0.2) is 24.7 Å². The van der Waals surface area contributed by atoms with Crippen molar-refractivity contribution in [2.45, 2.75) is 20.0 Å². The van der Waals surface area contributed by atoms with Gasteiger partial charge in [-0.3, -0.25) is 0 Å². The van der Waals surface area contributed by atoms with Crippen LogP contribution < -0.4 is 5.32 Å². The quantitative estimate of drug-likeness (QED) is 0.680. The molecule has 3 nitrogen and oxygen atoms in total. The standard InChI is InChI=1S/C9H16N2OS/c1-2-3-10-4-6-12-8-9-11-5-7-13-9/h5,7,10H,2-4,6,8H2,1H3. The van der Waals surface area contributed by atoms with E-state index >= 15 is 0 Å². The second kappa shape index (κ2) is 7.00. The molecule has 1 N–H and O–H groups in total. The first kappa shape index (κ1) is 10.6. The molecule has 0 aliphatic rings. The Kier molecular flexibility index (Phi) is 5.73. The Labute approximate surface area is 83.1 Å². The molecule has 13 heavy (non-hydrogen) atoms. The minimum absolute atomic E-state index is 0.644. The molecule has 0 fully saturated rings. The molecule has 0 aromatic carbocycles. The molecule has 1 heterocycles. The van der Waals surface area contributed by atoms with Gasteiger partial charge < -0.3 is 10.1 Å². The molecule has 1 aromatic rings. The molecule has 0 atom stereocenters. The summed E-state index contributed by atoms with van der Waals surface area (Å²) in [6.45, 7) is 5.56. The van der Waals surface area contributed by atoms with E-state index in [2.05, 4.69) is 17.2 Å². The van der Waals surface area contributed by atoms with Crippen LogP contribution >= 0.6 is 11.3 Å².